The molecule has 20 heavy (non-hydrogen) atoms. The van der Waals surface area contributed by atoms with Crippen LogP contribution in [-0.2, 0) is 0 Å². The van der Waals surface area contributed by atoms with Gasteiger partial charge in [-0.3, -0.25) is 0 Å². The summed E-state index contributed by atoms with van der Waals surface area (Å²) in [7, 11) is 1.96. The average Bonchev–Trinajstić information content (AvgIpc) is 2.74. The fourth-order valence-electron chi connectivity index (χ4n) is 2.95. The van der Waals surface area contributed by atoms with Gasteiger partial charge < -0.3 is 15.8 Å². The van der Waals surface area contributed by atoms with Crippen LogP contribution >= 0.6 is 0 Å². The molecule has 1 aromatic carbocycles. The van der Waals surface area contributed by atoms with E-state index in [4.69, 9.17) is 10.9 Å². The Kier molecular flexibility index (Phi) is 4.82. The quantitative estimate of drug-likeness (QED) is 0.294. The van der Waals surface area contributed by atoms with Crippen LogP contribution in [0.4, 0.5) is 10.1 Å². The molecule has 1 aliphatic carbocycles. The first-order valence-corrected chi connectivity index (χ1v) is 7.14. The van der Waals surface area contributed by atoms with E-state index >= 15 is 0 Å². The Hall–Kier alpha value is -1.78. The molecule has 0 amide bonds. The third-order valence-corrected chi connectivity index (χ3v) is 4.11. The van der Waals surface area contributed by atoms with Crippen LogP contribution in [0.1, 0.15) is 44.1 Å². The number of rotatable bonds is 3. The first kappa shape index (κ1) is 14.6. The first-order valence-electron chi connectivity index (χ1n) is 7.14. The lowest BCUT2D eigenvalue weighted by Crippen LogP contribution is -2.33. The minimum Gasteiger partial charge on any atom is -0.409 e. The third-order valence-electron chi connectivity index (χ3n) is 4.11. The fourth-order valence-corrected chi connectivity index (χ4v) is 2.95. The number of benzene rings is 1. The average molecular weight is 279 g/mol. The van der Waals surface area contributed by atoms with Crippen LogP contribution in [-0.4, -0.2) is 24.1 Å². The van der Waals surface area contributed by atoms with E-state index in [1.54, 1.807) is 6.07 Å². The van der Waals surface area contributed by atoms with Gasteiger partial charge >= 0.3 is 0 Å². The molecule has 1 fully saturated rings. The van der Waals surface area contributed by atoms with Gasteiger partial charge in [0.2, 0.25) is 0 Å². The van der Waals surface area contributed by atoms with Gasteiger partial charge in [-0.15, -0.1) is 0 Å². The number of hydrogen-bond donors (Lipinski definition) is 2. The molecule has 0 saturated heterocycles. The minimum absolute atomic E-state index is 0.182. The Labute approximate surface area is 119 Å². The summed E-state index contributed by atoms with van der Waals surface area (Å²) in [5, 5.41) is 11.8. The van der Waals surface area contributed by atoms with E-state index in [0.717, 1.165) is 12.8 Å². The molecule has 4 nitrogen and oxygen atoms in total. The summed E-state index contributed by atoms with van der Waals surface area (Å²) in [6.45, 7) is 0. The van der Waals surface area contributed by atoms with Gasteiger partial charge in [0.1, 0.15) is 5.82 Å². The van der Waals surface area contributed by atoms with Gasteiger partial charge in [-0.25, -0.2) is 4.39 Å². The van der Waals surface area contributed by atoms with Gasteiger partial charge in [0.05, 0.1) is 11.3 Å². The van der Waals surface area contributed by atoms with Crippen LogP contribution in [0.5, 0.6) is 0 Å². The molecule has 0 heterocycles. The van der Waals surface area contributed by atoms with Gasteiger partial charge in [-0.2, -0.15) is 0 Å². The zero-order valence-corrected chi connectivity index (χ0v) is 11.8. The number of anilines is 1. The van der Waals surface area contributed by atoms with Crippen molar-refractivity contribution in [3.05, 3.63) is 29.6 Å². The van der Waals surface area contributed by atoms with E-state index in [0.29, 0.717) is 11.7 Å². The van der Waals surface area contributed by atoms with E-state index in [9.17, 15) is 4.39 Å². The summed E-state index contributed by atoms with van der Waals surface area (Å²) < 4.78 is 14.0. The van der Waals surface area contributed by atoms with Crippen molar-refractivity contribution in [2.45, 2.75) is 44.6 Å². The second-order valence-electron chi connectivity index (χ2n) is 5.38. The van der Waals surface area contributed by atoms with Gasteiger partial charge in [0.25, 0.3) is 0 Å². The van der Waals surface area contributed by atoms with Gasteiger partial charge in [-0.05, 0) is 25.0 Å². The van der Waals surface area contributed by atoms with Crippen LogP contribution in [0, 0.1) is 5.82 Å². The molecule has 2 rings (SSSR count). The van der Waals surface area contributed by atoms with Crippen LogP contribution in [0.25, 0.3) is 0 Å². The Morgan fingerprint density at radius 3 is 2.55 bits per heavy atom. The highest BCUT2D eigenvalue weighted by Crippen LogP contribution is 2.29. The van der Waals surface area contributed by atoms with Gasteiger partial charge in [-0.1, -0.05) is 36.9 Å². The first-order chi connectivity index (χ1) is 9.65. The summed E-state index contributed by atoms with van der Waals surface area (Å²) in [6.07, 6.45) is 7.12. The molecule has 5 heteroatoms. The Morgan fingerprint density at radius 1 is 1.30 bits per heavy atom. The van der Waals surface area contributed by atoms with Crippen LogP contribution < -0.4 is 10.6 Å². The van der Waals surface area contributed by atoms with Crippen molar-refractivity contribution in [1.29, 1.82) is 0 Å². The number of nitrogens with zero attached hydrogens (tertiary/aromatic N) is 2. The van der Waals surface area contributed by atoms with E-state index in [-0.39, 0.29) is 11.4 Å². The molecular formula is C15H22FN3O. The number of oxime groups is 1. The third kappa shape index (κ3) is 3.03. The van der Waals surface area contributed by atoms with Gasteiger partial charge in [0.15, 0.2) is 5.84 Å². The number of nitrogens with two attached hydrogens (primary N) is 1. The van der Waals surface area contributed by atoms with E-state index < -0.39 is 5.82 Å². The maximum Gasteiger partial charge on any atom is 0.175 e. The van der Waals surface area contributed by atoms with Crippen molar-refractivity contribution in [1.82, 2.24) is 0 Å². The van der Waals surface area contributed by atoms with E-state index in [2.05, 4.69) is 10.1 Å². The highest BCUT2D eigenvalue weighted by molar-refractivity contribution is 6.02. The topological polar surface area (TPSA) is 61.8 Å². The molecule has 0 atom stereocenters. The highest BCUT2D eigenvalue weighted by atomic mass is 19.1. The lowest BCUT2D eigenvalue weighted by Gasteiger charge is -2.31. The SMILES string of the molecule is CN(c1cccc(F)c1C(N)=NO)C1CCCCCC1. The van der Waals surface area contributed by atoms with Crippen molar-refractivity contribution in [2.75, 3.05) is 11.9 Å². The predicted molar refractivity (Wildman–Crippen MR) is 78.8 cm³/mol. The summed E-state index contributed by atoms with van der Waals surface area (Å²) in [5.41, 5.74) is 6.50. The van der Waals surface area contributed by atoms with Crippen LogP contribution in [0.15, 0.2) is 23.4 Å². The molecule has 0 aromatic heterocycles. The molecule has 1 saturated carbocycles. The number of halogens is 1. The summed E-state index contributed by atoms with van der Waals surface area (Å²) in [4.78, 5) is 2.07. The molecule has 0 spiro atoms. The number of hydrogen-bond acceptors (Lipinski definition) is 3. The van der Waals surface area contributed by atoms with Crippen molar-refractivity contribution in [3.8, 4) is 0 Å². The molecule has 0 radical (unpaired) electrons. The van der Waals surface area contributed by atoms with Crippen molar-refractivity contribution in [3.63, 3.8) is 0 Å². The maximum absolute atomic E-state index is 14.0. The summed E-state index contributed by atoms with van der Waals surface area (Å²) in [5.74, 6) is -0.642. The largest absolute Gasteiger partial charge is 0.409 e. The Bertz CT molecular complexity index is 482. The fraction of sp³-hybridized carbons (Fsp3) is 0.533. The molecule has 0 unspecified atom stereocenters. The maximum atomic E-state index is 14.0. The van der Waals surface area contributed by atoms with Crippen molar-refractivity contribution < 1.29 is 9.60 Å². The molecule has 3 N–H and O–H groups in total. The van der Waals surface area contributed by atoms with Crippen molar-refractivity contribution in [2.24, 2.45) is 10.9 Å². The summed E-state index contributed by atoms with van der Waals surface area (Å²) in [6, 6.07) is 5.19. The second-order valence-corrected chi connectivity index (χ2v) is 5.38. The lowest BCUT2D eigenvalue weighted by molar-refractivity contribution is 0.318. The second kappa shape index (κ2) is 6.59. The standard InChI is InChI=1S/C15H22FN3O/c1-19(11-7-4-2-3-5-8-11)13-10-6-9-12(16)14(13)15(17)18-20/h6,9-11,20H,2-5,7-8H2,1H3,(H2,17,18). The number of amidine groups is 1. The minimum atomic E-state index is -0.460. The van der Waals surface area contributed by atoms with Gasteiger partial charge in [0, 0.05) is 13.1 Å². The molecule has 1 aromatic rings. The van der Waals surface area contributed by atoms with E-state index in [1.165, 1.54) is 31.7 Å². The zero-order chi connectivity index (χ0) is 14.5. The van der Waals surface area contributed by atoms with E-state index in [1.807, 2.05) is 13.1 Å². The monoisotopic (exact) mass is 279 g/mol. The Balaban J connectivity index is 2.33. The zero-order valence-electron chi connectivity index (χ0n) is 11.8. The lowest BCUT2D eigenvalue weighted by atomic mass is 10.0. The molecule has 1 aliphatic rings. The molecule has 0 aliphatic heterocycles. The Morgan fingerprint density at radius 2 is 1.95 bits per heavy atom. The van der Waals surface area contributed by atoms with Crippen LogP contribution in [0.3, 0.4) is 0 Å². The molecule has 110 valence electrons. The summed E-state index contributed by atoms with van der Waals surface area (Å²) >= 11 is 0. The molecule has 0 bridgehead atoms. The van der Waals surface area contributed by atoms with Crippen LogP contribution in [0.2, 0.25) is 0 Å². The smallest absolute Gasteiger partial charge is 0.175 e. The molecular weight excluding hydrogens is 257 g/mol. The highest BCUT2D eigenvalue weighted by Gasteiger charge is 2.22. The normalized spacial score (nSPS) is 17.8. The van der Waals surface area contributed by atoms with Crippen molar-refractivity contribution >= 4 is 11.5 Å². The predicted octanol–water partition coefficient (Wildman–Crippen LogP) is 3.08.